The summed E-state index contributed by atoms with van der Waals surface area (Å²) in [5, 5.41) is 3.96. The Morgan fingerprint density at radius 1 is 1.25 bits per heavy atom. The number of rotatable bonds is 5. The minimum absolute atomic E-state index is 0.538. The van der Waals surface area contributed by atoms with Gasteiger partial charge in [-0.3, -0.25) is 0 Å². The largest absolute Gasteiger partial charge is 0.385 e. The lowest BCUT2D eigenvalue weighted by Crippen LogP contribution is -2.24. The van der Waals surface area contributed by atoms with Crippen LogP contribution < -0.4 is 5.32 Å². The predicted molar refractivity (Wildman–Crippen MR) is 70.9 cm³/mol. The molecule has 0 aromatic carbocycles. The molecule has 0 spiro atoms. The summed E-state index contributed by atoms with van der Waals surface area (Å²) in [4.78, 5) is 3.96. The number of halogens is 1. The molecule has 1 aromatic heterocycles. The molecule has 16 heavy (non-hydrogen) atoms. The standard InChI is InChI=1S/C13H21ClN2/c1-9(2)12(10(3)4)8-16-11-5-6-15-13(14)7-11/h5-7,9-10,12H,8H2,1-4H3,(H,15,16). The van der Waals surface area contributed by atoms with Crippen LogP contribution in [-0.2, 0) is 0 Å². The fourth-order valence-corrected chi connectivity index (χ4v) is 2.16. The lowest BCUT2D eigenvalue weighted by Gasteiger charge is -2.25. The van der Waals surface area contributed by atoms with Crippen LogP contribution in [0.2, 0.25) is 5.15 Å². The molecule has 0 aliphatic rings. The zero-order chi connectivity index (χ0) is 12.1. The van der Waals surface area contributed by atoms with E-state index in [1.807, 2.05) is 12.1 Å². The Labute approximate surface area is 103 Å². The molecular weight excluding hydrogens is 220 g/mol. The first-order valence-corrected chi connectivity index (χ1v) is 6.24. The van der Waals surface area contributed by atoms with Gasteiger partial charge >= 0.3 is 0 Å². The van der Waals surface area contributed by atoms with Gasteiger partial charge in [0.1, 0.15) is 5.15 Å². The Balaban J connectivity index is 2.55. The van der Waals surface area contributed by atoms with Crippen LogP contribution in [0.4, 0.5) is 5.69 Å². The summed E-state index contributed by atoms with van der Waals surface area (Å²) < 4.78 is 0. The van der Waals surface area contributed by atoms with Crippen molar-refractivity contribution in [3.8, 4) is 0 Å². The number of pyridine rings is 1. The SMILES string of the molecule is CC(C)C(CNc1ccnc(Cl)c1)C(C)C. The van der Waals surface area contributed by atoms with Crippen molar-refractivity contribution in [1.82, 2.24) is 4.98 Å². The Morgan fingerprint density at radius 2 is 1.88 bits per heavy atom. The van der Waals surface area contributed by atoms with E-state index in [1.165, 1.54) is 0 Å². The summed E-state index contributed by atoms with van der Waals surface area (Å²) in [6.07, 6.45) is 1.73. The van der Waals surface area contributed by atoms with E-state index in [0.717, 1.165) is 12.2 Å². The molecule has 0 saturated carbocycles. The molecule has 2 nitrogen and oxygen atoms in total. The van der Waals surface area contributed by atoms with E-state index in [-0.39, 0.29) is 0 Å². The molecular formula is C13H21ClN2. The molecule has 0 saturated heterocycles. The first-order chi connectivity index (χ1) is 7.50. The van der Waals surface area contributed by atoms with Crippen LogP contribution in [0.3, 0.4) is 0 Å². The van der Waals surface area contributed by atoms with E-state index >= 15 is 0 Å². The number of nitrogens with one attached hydrogen (secondary N) is 1. The molecule has 1 heterocycles. The van der Waals surface area contributed by atoms with E-state index in [9.17, 15) is 0 Å². The van der Waals surface area contributed by atoms with Crippen LogP contribution >= 0.6 is 11.6 Å². The normalized spacial score (nSPS) is 11.5. The molecule has 1 N–H and O–H groups in total. The second kappa shape index (κ2) is 6.09. The van der Waals surface area contributed by atoms with Gasteiger partial charge in [-0.05, 0) is 29.9 Å². The summed E-state index contributed by atoms with van der Waals surface area (Å²) in [5.74, 6) is 2.04. The van der Waals surface area contributed by atoms with Crippen molar-refractivity contribution in [2.45, 2.75) is 27.7 Å². The van der Waals surface area contributed by atoms with E-state index in [1.54, 1.807) is 6.20 Å². The predicted octanol–water partition coefficient (Wildman–Crippen LogP) is 4.08. The highest BCUT2D eigenvalue weighted by atomic mass is 35.5. The smallest absolute Gasteiger partial charge is 0.131 e. The van der Waals surface area contributed by atoms with Crippen molar-refractivity contribution in [1.29, 1.82) is 0 Å². The first kappa shape index (κ1) is 13.3. The number of anilines is 1. The maximum atomic E-state index is 5.83. The highest BCUT2D eigenvalue weighted by Gasteiger charge is 2.16. The molecule has 0 amide bonds. The van der Waals surface area contributed by atoms with Crippen molar-refractivity contribution >= 4 is 17.3 Å². The number of hydrogen-bond donors (Lipinski definition) is 1. The van der Waals surface area contributed by atoms with Crippen molar-refractivity contribution in [3.05, 3.63) is 23.5 Å². The quantitative estimate of drug-likeness (QED) is 0.785. The minimum Gasteiger partial charge on any atom is -0.385 e. The van der Waals surface area contributed by atoms with Crippen molar-refractivity contribution in [2.75, 3.05) is 11.9 Å². The molecule has 0 aliphatic heterocycles. The second-order valence-corrected chi connectivity index (χ2v) is 5.29. The molecule has 0 unspecified atom stereocenters. The Bertz CT molecular complexity index is 315. The van der Waals surface area contributed by atoms with Gasteiger partial charge in [0.2, 0.25) is 0 Å². The average molecular weight is 241 g/mol. The summed E-state index contributed by atoms with van der Waals surface area (Å²) >= 11 is 5.83. The van der Waals surface area contributed by atoms with Gasteiger partial charge in [0.15, 0.2) is 0 Å². The lowest BCUT2D eigenvalue weighted by molar-refractivity contribution is 0.304. The third-order valence-corrected chi connectivity index (χ3v) is 3.19. The third kappa shape index (κ3) is 4.01. The van der Waals surface area contributed by atoms with Crippen LogP contribution in [0, 0.1) is 17.8 Å². The van der Waals surface area contributed by atoms with Crippen LogP contribution in [-0.4, -0.2) is 11.5 Å². The Kier molecular flexibility index (Phi) is 5.07. The number of hydrogen-bond acceptors (Lipinski definition) is 2. The van der Waals surface area contributed by atoms with Crippen LogP contribution in [0.25, 0.3) is 0 Å². The maximum Gasteiger partial charge on any atom is 0.131 e. The zero-order valence-corrected chi connectivity index (χ0v) is 11.3. The molecule has 0 atom stereocenters. The molecule has 1 aromatic rings. The van der Waals surface area contributed by atoms with Crippen molar-refractivity contribution in [3.63, 3.8) is 0 Å². The van der Waals surface area contributed by atoms with E-state index in [4.69, 9.17) is 11.6 Å². The lowest BCUT2D eigenvalue weighted by atomic mass is 9.85. The third-order valence-electron chi connectivity index (χ3n) is 2.98. The number of nitrogens with zero attached hydrogens (tertiary/aromatic N) is 1. The van der Waals surface area contributed by atoms with Crippen LogP contribution in [0.15, 0.2) is 18.3 Å². The fourth-order valence-electron chi connectivity index (χ4n) is 1.99. The molecule has 3 heteroatoms. The summed E-state index contributed by atoms with van der Waals surface area (Å²) in [5.41, 5.74) is 1.05. The van der Waals surface area contributed by atoms with Gasteiger partial charge in [-0.2, -0.15) is 0 Å². The minimum atomic E-state index is 0.538. The topological polar surface area (TPSA) is 24.9 Å². The van der Waals surface area contributed by atoms with Crippen molar-refractivity contribution < 1.29 is 0 Å². The summed E-state index contributed by atoms with van der Waals surface area (Å²) in [6.45, 7) is 10.1. The molecule has 0 fully saturated rings. The van der Waals surface area contributed by atoms with Gasteiger partial charge in [0, 0.05) is 18.4 Å². The Morgan fingerprint density at radius 3 is 2.38 bits per heavy atom. The summed E-state index contributed by atoms with van der Waals surface area (Å²) in [6, 6.07) is 3.81. The van der Waals surface area contributed by atoms with E-state index < -0.39 is 0 Å². The van der Waals surface area contributed by atoms with Gasteiger partial charge < -0.3 is 5.32 Å². The second-order valence-electron chi connectivity index (χ2n) is 4.90. The fraction of sp³-hybridized carbons (Fsp3) is 0.615. The van der Waals surface area contributed by atoms with E-state index in [2.05, 4.69) is 38.0 Å². The molecule has 0 aliphatic carbocycles. The number of aromatic nitrogens is 1. The monoisotopic (exact) mass is 240 g/mol. The van der Waals surface area contributed by atoms with Crippen LogP contribution in [0.5, 0.6) is 0 Å². The van der Waals surface area contributed by atoms with Crippen molar-refractivity contribution in [2.24, 2.45) is 17.8 Å². The molecule has 0 radical (unpaired) electrons. The average Bonchev–Trinajstić information content (AvgIpc) is 2.16. The van der Waals surface area contributed by atoms with E-state index in [0.29, 0.717) is 22.9 Å². The highest BCUT2D eigenvalue weighted by Crippen LogP contribution is 2.21. The zero-order valence-electron chi connectivity index (χ0n) is 10.5. The molecule has 0 bridgehead atoms. The van der Waals surface area contributed by atoms with Gasteiger partial charge in [0.05, 0.1) is 0 Å². The first-order valence-electron chi connectivity index (χ1n) is 5.86. The highest BCUT2D eigenvalue weighted by molar-refractivity contribution is 6.29. The molecule has 90 valence electrons. The van der Waals surface area contributed by atoms with Gasteiger partial charge in [0.25, 0.3) is 0 Å². The Hall–Kier alpha value is -0.760. The van der Waals surface area contributed by atoms with Gasteiger partial charge in [-0.1, -0.05) is 39.3 Å². The van der Waals surface area contributed by atoms with Gasteiger partial charge in [-0.25, -0.2) is 4.98 Å². The molecule has 1 rings (SSSR count). The maximum absolute atomic E-state index is 5.83. The van der Waals surface area contributed by atoms with Gasteiger partial charge in [-0.15, -0.1) is 0 Å². The summed E-state index contributed by atoms with van der Waals surface area (Å²) in [7, 11) is 0. The van der Waals surface area contributed by atoms with Crippen LogP contribution in [0.1, 0.15) is 27.7 Å².